The second-order valence-electron chi connectivity index (χ2n) is 3.52. The van der Waals surface area contributed by atoms with Crippen molar-refractivity contribution in [2.24, 2.45) is 5.92 Å². The molecule has 0 spiro atoms. The van der Waals surface area contributed by atoms with Crippen molar-refractivity contribution in [2.45, 2.75) is 18.7 Å². The van der Waals surface area contributed by atoms with Crippen LogP contribution in [0.2, 0.25) is 0 Å². The van der Waals surface area contributed by atoms with E-state index in [1.54, 1.807) is 13.0 Å². The molecule has 0 heterocycles. The maximum Gasteiger partial charge on any atom is 0.307 e. The first-order chi connectivity index (χ1) is 7.02. The third-order valence-electron chi connectivity index (χ3n) is 2.16. The lowest BCUT2D eigenvalue weighted by molar-refractivity contribution is -0.140. The van der Waals surface area contributed by atoms with E-state index < -0.39 is 22.7 Å². The molecular weight excluding hydrogens is 212 g/mol. The van der Waals surface area contributed by atoms with Gasteiger partial charge in [0.05, 0.1) is 16.7 Å². The maximum absolute atomic E-state index is 11.8. The van der Waals surface area contributed by atoms with Gasteiger partial charge in [-0.3, -0.25) is 9.00 Å². The molecule has 0 saturated carbocycles. The second kappa shape index (κ2) is 5.07. The van der Waals surface area contributed by atoms with Crippen LogP contribution in [0.15, 0.2) is 29.2 Å². The normalized spacial score (nSPS) is 14.5. The fourth-order valence-corrected chi connectivity index (χ4v) is 2.63. The number of benzene rings is 1. The molecule has 1 aromatic rings. The van der Waals surface area contributed by atoms with Gasteiger partial charge in [-0.25, -0.2) is 0 Å². The van der Waals surface area contributed by atoms with Crippen molar-refractivity contribution in [3.63, 3.8) is 0 Å². The molecule has 0 aliphatic carbocycles. The first kappa shape index (κ1) is 11.9. The number of hydrogen-bond acceptors (Lipinski definition) is 2. The minimum absolute atomic E-state index is 0.167. The Morgan fingerprint density at radius 3 is 2.60 bits per heavy atom. The Hall–Kier alpha value is -1.16. The highest BCUT2D eigenvalue weighted by atomic mass is 32.2. The van der Waals surface area contributed by atoms with Crippen LogP contribution in [-0.4, -0.2) is 21.0 Å². The zero-order valence-corrected chi connectivity index (χ0v) is 9.58. The molecule has 0 fully saturated rings. The molecule has 1 aromatic carbocycles. The Morgan fingerprint density at radius 2 is 2.07 bits per heavy atom. The van der Waals surface area contributed by atoms with Gasteiger partial charge in [0.1, 0.15) is 0 Å². The summed E-state index contributed by atoms with van der Waals surface area (Å²) < 4.78 is 11.8. The van der Waals surface area contributed by atoms with Gasteiger partial charge in [-0.1, -0.05) is 25.1 Å². The lowest BCUT2D eigenvalue weighted by atomic mass is 10.2. The van der Waals surface area contributed by atoms with E-state index in [1.807, 2.05) is 25.1 Å². The summed E-state index contributed by atoms with van der Waals surface area (Å²) in [6.07, 6.45) is 0. The fourth-order valence-electron chi connectivity index (χ4n) is 1.20. The van der Waals surface area contributed by atoms with Gasteiger partial charge in [0.15, 0.2) is 0 Å². The molecule has 4 heteroatoms. The highest BCUT2D eigenvalue weighted by Crippen LogP contribution is 2.14. The zero-order valence-electron chi connectivity index (χ0n) is 8.77. The number of hydrogen-bond donors (Lipinski definition) is 1. The van der Waals surface area contributed by atoms with Crippen LogP contribution in [0.3, 0.4) is 0 Å². The molecule has 0 bridgehead atoms. The Morgan fingerprint density at radius 1 is 1.47 bits per heavy atom. The first-order valence-corrected chi connectivity index (χ1v) is 6.01. The predicted octanol–water partition coefficient (Wildman–Crippen LogP) is 1.82. The van der Waals surface area contributed by atoms with E-state index in [2.05, 4.69) is 0 Å². The number of rotatable bonds is 4. The van der Waals surface area contributed by atoms with Crippen molar-refractivity contribution in [2.75, 3.05) is 5.75 Å². The average Bonchev–Trinajstić information content (AvgIpc) is 2.18. The van der Waals surface area contributed by atoms with Gasteiger partial charge in [0.2, 0.25) is 0 Å². The Balaban J connectivity index is 2.78. The van der Waals surface area contributed by atoms with Crippen molar-refractivity contribution in [1.29, 1.82) is 0 Å². The summed E-state index contributed by atoms with van der Waals surface area (Å²) in [6.45, 7) is 3.44. The van der Waals surface area contributed by atoms with Crippen LogP contribution in [-0.2, 0) is 15.6 Å². The largest absolute Gasteiger partial charge is 0.481 e. The van der Waals surface area contributed by atoms with Crippen LogP contribution >= 0.6 is 0 Å². The highest BCUT2D eigenvalue weighted by Gasteiger charge is 2.16. The molecule has 0 saturated heterocycles. The quantitative estimate of drug-likeness (QED) is 0.852. The smallest absolute Gasteiger partial charge is 0.307 e. The van der Waals surface area contributed by atoms with Gasteiger partial charge in [0.25, 0.3) is 0 Å². The van der Waals surface area contributed by atoms with E-state index in [0.29, 0.717) is 0 Å². The Labute approximate surface area is 91.6 Å². The number of carboxylic acid groups (broad SMARTS) is 1. The summed E-state index contributed by atoms with van der Waals surface area (Å²) in [5.41, 5.74) is 0.938. The van der Waals surface area contributed by atoms with Crippen LogP contribution in [0.5, 0.6) is 0 Å². The standard InChI is InChI=1S/C11H14O3S/c1-8-5-3-4-6-10(8)15(14)7-9(2)11(12)13/h3-6,9H,7H2,1-2H3,(H,12,13). The van der Waals surface area contributed by atoms with Gasteiger partial charge in [-0.2, -0.15) is 0 Å². The van der Waals surface area contributed by atoms with E-state index in [0.717, 1.165) is 10.5 Å². The molecule has 1 N–H and O–H groups in total. The fraction of sp³-hybridized carbons (Fsp3) is 0.364. The minimum Gasteiger partial charge on any atom is -0.481 e. The first-order valence-electron chi connectivity index (χ1n) is 4.69. The van der Waals surface area contributed by atoms with Crippen LogP contribution in [0.1, 0.15) is 12.5 Å². The summed E-state index contributed by atoms with van der Waals surface area (Å²) in [7, 11) is -1.23. The van der Waals surface area contributed by atoms with Crippen LogP contribution in [0, 0.1) is 12.8 Å². The summed E-state index contributed by atoms with van der Waals surface area (Å²) in [4.78, 5) is 11.3. The summed E-state index contributed by atoms with van der Waals surface area (Å²) in [6, 6.07) is 7.33. The van der Waals surface area contributed by atoms with Gasteiger partial charge >= 0.3 is 5.97 Å². The molecule has 82 valence electrons. The van der Waals surface area contributed by atoms with Gasteiger partial charge < -0.3 is 5.11 Å². The topological polar surface area (TPSA) is 54.4 Å². The molecule has 0 aromatic heterocycles. The molecule has 3 nitrogen and oxygen atoms in total. The molecule has 2 unspecified atom stereocenters. The number of carbonyl (C=O) groups is 1. The summed E-state index contributed by atoms with van der Waals surface area (Å²) >= 11 is 0. The summed E-state index contributed by atoms with van der Waals surface area (Å²) in [5, 5.41) is 8.71. The lowest BCUT2D eigenvalue weighted by Crippen LogP contribution is -2.17. The lowest BCUT2D eigenvalue weighted by Gasteiger charge is -2.08. The Kier molecular flexibility index (Phi) is 4.03. The van der Waals surface area contributed by atoms with E-state index in [1.165, 1.54) is 0 Å². The zero-order chi connectivity index (χ0) is 11.4. The SMILES string of the molecule is Cc1ccccc1S(=O)CC(C)C(=O)O. The third kappa shape index (κ3) is 3.16. The number of carboxylic acids is 1. The van der Waals surface area contributed by atoms with Gasteiger partial charge in [-0.05, 0) is 18.6 Å². The molecule has 1 rings (SSSR count). The molecule has 0 radical (unpaired) electrons. The van der Waals surface area contributed by atoms with Crippen LogP contribution < -0.4 is 0 Å². The van der Waals surface area contributed by atoms with Crippen molar-refractivity contribution in [1.82, 2.24) is 0 Å². The molecule has 0 amide bonds. The third-order valence-corrected chi connectivity index (χ3v) is 3.91. The van der Waals surface area contributed by atoms with E-state index in [9.17, 15) is 9.00 Å². The minimum atomic E-state index is -1.23. The molecule has 15 heavy (non-hydrogen) atoms. The van der Waals surface area contributed by atoms with Crippen molar-refractivity contribution in [3.8, 4) is 0 Å². The molecule has 0 aliphatic rings. The van der Waals surface area contributed by atoms with Crippen LogP contribution in [0.25, 0.3) is 0 Å². The second-order valence-corrected chi connectivity index (χ2v) is 4.98. The van der Waals surface area contributed by atoms with E-state index in [4.69, 9.17) is 5.11 Å². The molecular formula is C11H14O3S. The van der Waals surface area contributed by atoms with Crippen molar-refractivity contribution < 1.29 is 14.1 Å². The number of aliphatic carboxylic acids is 1. The molecule has 0 aliphatic heterocycles. The van der Waals surface area contributed by atoms with Crippen LogP contribution in [0.4, 0.5) is 0 Å². The number of aryl methyl sites for hydroxylation is 1. The Bertz CT molecular complexity index is 387. The predicted molar refractivity (Wildman–Crippen MR) is 59.3 cm³/mol. The van der Waals surface area contributed by atoms with Gasteiger partial charge in [0, 0.05) is 10.6 Å². The van der Waals surface area contributed by atoms with Crippen molar-refractivity contribution in [3.05, 3.63) is 29.8 Å². The highest BCUT2D eigenvalue weighted by molar-refractivity contribution is 7.85. The van der Waals surface area contributed by atoms with E-state index in [-0.39, 0.29) is 5.75 Å². The van der Waals surface area contributed by atoms with Crippen molar-refractivity contribution >= 4 is 16.8 Å². The maximum atomic E-state index is 11.8. The average molecular weight is 226 g/mol. The molecule has 2 atom stereocenters. The van der Waals surface area contributed by atoms with E-state index >= 15 is 0 Å². The monoisotopic (exact) mass is 226 g/mol. The summed E-state index contributed by atoms with van der Waals surface area (Å²) in [5.74, 6) is -1.32. The van der Waals surface area contributed by atoms with Gasteiger partial charge in [-0.15, -0.1) is 0 Å².